The van der Waals surface area contributed by atoms with Crippen LogP contribution >= 0.6 is 0 Å². The molecule has 3 aliphatic rings. The third kappa shape index (κ3) is 2.37. The van der Waals surface area contributed by atoms with Gasteiger partial charge in [-0.25, -0.2) is 0 Å². The van der Waals surface area contributed by atoms with Gasteiger partial charge in [0.2, 0.25) is 5.91 Å². The van der Waals surface area contributed by atoms with E-state index in [0.29, 0.717) is 12.5 Å². The Morgan fingerprint density at radius 3 is 2.86 bits per heavy atom. The molecule has 1 amide bonds. The first-order valence-electron chi connectivity index (χ1n) is 8.04. The molecule has 112 valence electrons. The van der Waals surface area contributed by atoms with Gasteiger partial charge in [-0.1, -0.05) is 12.8 Å². The van der Waals surface area contributed by atoms with Gasteiger partial charge in [0.05, 0.1) is 19.6 Å². The summed E-state index contributed by atoms with van der Waals surface area (Å²) in [5.74, 6) is 2.03. The zero-order chi connectivity index (χ0) is 14.2. The van der Waals surface area contributed by atoms with Crippen molar-refractivity contribution < 1.29 is 14.3 Å². The van der Waals surface area contributed by atoms with Crippen LogP contribution in [-0.4, -0.2) is 25.2 Å². The van der Waals surface area contributed by atoms with Crippen molar-refractivity contribution in [2.45, 2.75) is 51.0 Å². The number of nitrogens with one attached hydrogen (secondary N) is 1. The van der Waals surface area contributed by atoms with E-state index in [4.69, 9.17) is 9.47 Å². The summed E-state index contributed by atoms with van der Waals surface area (Å²) in [6.07, 6.45) is 6.94. The summed E-state index contributed by atoms with van der Waals surface area (Å²) < 4.78 is 11.5. The molecule has 1 fully saturated rings. The number of ether oxygens (including phenoxy) is 2. The molecule has 0 atom stereocenters. The number of benzene rings is 1. The number of carbonyl (C=O) groups is 1. The average Bonchev–Trinajstić information content (AvgIpc) is 3.17. The van der Waals surface area contributed by atoms with Crippen LogP contribution < -0.4 is 14.8 Å². The second-order valence-electron chi connectivity index (χ2n) is 6.24. The summed E-state index contributed by atoms with van der Waals surface area (Å²) in [6, 6.07) is 2.47. The zero-order valence-corrected chi connectivity index (χ0v) is 12.2. The van der Waals surface area contributed by atoms with Gasteiger partial charge in [-0.15, -0.1) is 0 Å². The summed E-state index contributed by atoms with van der Waals surface area (Å²) in [4.78, 5) is 12.4. The van der Waals surface area contributed by atoms with E-state index in [2.05, 4.69) is 11.4 Å². The van der Waals surface area contributed by atoms with Gasteiger partial charge in [-0.3, -0.25) is 4.79 Å². The number of hydrogen-bond acceptors (Lipinski definition) is 3. The van der Waals surface area contributed by atoms with E-state index >= 15 is 0 Å². The van der Waals surface area contributed by atoms with Crippen LogP contribution in [0.4, 0.5) is 0 Å². The zero-order valence-electron chi connectivity index (χ0n) is 12.2. The van der Waals surface area contributed by atoms with E-state index in [1.807, 2.05) is 0 Å². The van der Waals surface area contributed by atoms with Crippen LogP contribution in [0.15, 0.2) is 6.07 Å². The van der Waals surface area contributed by atoms with Gasteiger partial charge < -0.3 is 14.8 Å². The van der Waals surface area contributed by atoms with Gasteiger partial charge >= 0.3 is 0 Å². The van der Waals surface area contributed by atoms with Crippen molar-refractivity contribution in [3.8, 4) is 11.5 Å². The summed E-state index contributed by atoms with van der Waals surface area (Å²) in [5, 5.41) is 3.17. The van der Waals surface area contributed by atoms with Crippen LogP contribution in [0.25, 0.3) is 0 Å². The lowest BCUT2D eigenvalue weighted by Gasteiger charge is -2.15. The molecule has 4 rings (SSSR count). The lowest BCUT2D eigenvalue weighted by Crippen LogP contribution is -2.34. The normalized spacial score (nSPS) is 19.8. The Hall–Kier alpha value is -1.71. The third-order valence-corrected chi connectivity index (χ3v) is 4.82. The third-order valence-electron chi connectivity index (χ3n) is 4.82. The summed E-state index contributed by atoms with van der Waals surface area (Å²) in [5.41, 5.74) is 3.43. The number of amides is 1. The van der Waals surface area contributed by atoms with Crippen LogP contribution in [0.5, 0.6) is 11.5 Å². The molecular weight excluding hydrogens is 266 g/mol. The smallest absolute Gasteiger partial charge is 0.224 e. The van der Waals surface area contributed by atoms with Crippen LogP contribution in [0, 0.1) is 0 Å². The van der Waals surface area contributed by atoms with Crippen molar-refractivity contribution >= 4 is 5.91 Å². The monoisotopic (exact) mass is 287 g/mol. The van der Waals surface area contributed by atoms with E-state index in [-0.39, 0.29) is 5.91 Å². The molecule has 0 aromatic heterocycles. The molecule has 0 bridgehead atoms. The number of rotatable bonds is 3. The Labute approximate surface area is 124 Å². The van der Waals surface area contributed by atoms with Crippen molar-refractivity contribution in [1.82, 2.24) is 5.32 Å². The Morgan fingerprint density at radius 2 is 2.00 bits per heavy atom. The maximum Gasteiger partial charge on any atom is 0.224 e. The molecule has 0 saturated heterocycles. The van der Waals surface area contributed by atoms with Gasteiger partial charge in [0, 0.05) is 35.6 Å². The Balaban J connectivity index is 1.58. The fourth-order valence-electron chi connectivity index (χ4n) is 3.78. The van der Waals surface area contributed by atoms with Crippen LogP contribution in [0.1, 0.15) is 42.4 Å². The molecule has 2 heterocycles. The predicted molar refractivity (Wildman–Crippen MR) is 78.9 cm³/mol. The van der Waals surface area contributed by atoms with Crippen molar-refractivity contribution in [3.05, 3.63) is 22.8 Å². The number of hydrogen-bond donors (Lipinski definition) is 1. The van der Waals surface area contributed by atoms with E-state index in [9.17, 15) is 4.79 Å². The molecule has 0 spiro atoms. The molecule has 1 aromatic rings. The molecule has 0 unspecified atom stereocenters. The van der Waals surface area contributed by atoms with Crippen LogP contribution in [0.2, 0.25) is 0 Å². The van der Waals surface area contributed by atoms with Gasteiger partial charge in [-0.05, 0) is 18.9 Å². The quantitative estimate of drug-likeness (QED) is 0.926. The topological polar surface area (TPSA) is 47.6 Å². The fraction of sp³-hybridized carbons (Fsp3) is 0.588. The first kappa shape index (κ1) is 13.0. The highest BCUT2D eigenvalue weighted by molar-refractivity contribution is 5.81. The predicted octanol–water partition coefficient (Wildman–Crippen LogP) is 2.16. The van der Waals surface area contributed by atoms with Crippen molar-refractivity contribution in [2.24, 2.45) is 0 Å². The van der Waals surface area contributed by atoms with Crippen molar-refractivity contribution in [3.63, 3.8) is 0 Å². The summed E-state index contributed by atoms with van der Waals surface area (Å²) in [6.45, 7) is 1.44. The minimum absolute atomic E-state index is 0.125. The SMILES string of the molecule is O=C(Cc1c2c(cc3c1OCC3)OCC2)NC1CCCC1. The Bertz CT molecular complexity index is 544. The van der Waals surface area contributed by atoms with Gasteiger partial charge in [0.15, 0.2) is 0 Å². The van der Waals surface area contributed by atoms with E-state index in [1.54, 1.807) is 0 Å². The van der Waals surface area contributed by atoms with E-state index in [1.165, 1.54) is 24.0 Å². The molecule has 1 N–H and O–H groups in total. The first-order valence-corrected chi connectivity index (χ1v) is 8.04. The molecule has 4 nitrogen and oxygen atoms in total. The number of carbonyl (C=O) groups excluding carboxylic acids is 1. The minimum atomic E-state index is 0.125. The summed E-state index contributed by atoms with van der Waals surface area (Å²) >= 11 is 0. The minimum Gasteiger partial charge on any atom is -0.493 e. The largest absolute Gasteiger partial charge is 0.493 e. The summed E-state index contributed by atoms with van der Waals surface area (Å²) in [7, 11) is 0. The van der Waals surface area contributed by atoms with Crippen molar-refractivity contribution in [2.75, 3.05) is 13.2 Å². The van der Waals surface area contributed by atoms with E-state index < -0.39 is 0 Å². The fourth-order valence-corrected chi connectivity index (χ4v) is 3.78. The van der Waals surface area contributed by atoms with Crippen molar-refractivity contribution in [1.29, 1.82) is 0 Å². The average molecular weight is 287 g/mol. The second kappa shape index (κ2) is 5.24. The first-order chi connectivity index (χ1) is 10.3. The Morgan fingerprint density at radius 1 is 1.19 bits per heavy atom. The highest BCUT2D eigenvalue weighted by Gasteiger charge is 2.28. The lowest BCUT2D eigenvalue weighted by molar-refractivity contribution is -0.121. The van der Waals surface area contributed by atoms with Crippen LogP contribution in [0.3, 0.4) is 0 Å². The molecule has 1 saturated carbocycles. The molecule has 21 heavy (non-hydrogen) atoms. The van der Waals surface area contributed by atoms with Crippen LogP contribution in [-0.2, 0) is 24.1 Å². The lowest BCUT2D eigenvalue weighted by atomic mass is 9.97. The second-order valence-corrected chi connectivity index (χ2v) is 6.24. The highest BCUT2D eigenvalue weighted by atomic mass is 16.5. The molecule has 4 heteroatoms. The van der Waals surface area contributed by atoms with E-state index in [0.717, 1.165) is 56.0 Å². The van der Waals surface area contributed by atoms with Gasteiger partial charge in [0.25, 0.3) is 0 Å². The maximum absolute atomic E-state index is 12.4. The highest BCUT2D eigenvalue weighted by Crippen LogP contribution is 2.40. The molecule has 1 aliphatic carbocycles. The number of fused-ring (bicyclic) bond motifs is 2. The molecule has 0 radical (unpaired) electrons. The molecule has 2 aliphatic heterocycles. The molecular formula is C17H21NO3. The van der Waals surface area contributed by atoms with Gasteiger partial charge in [-0.2, -0.15) is 0 Å². The maximum atomic E-state index is 12.4. The molecule has 1 aromatic carbocycles. The standard InChI is InChI=1S/C17H21NO3/c19-16(18-12-3-1-2-4-12)10-14-13-6-8-20-15(13)9-11-5-7-21-17(11)14/h9,12H,1-8,10H2,(H,18,19). The van der Waals surface area contributed by atoms with Gasteiger partial charge in [0.1, 0.15) is 11.5 Å². The Kier molecular flexibility index (Phi) is 3.24.